The Hall–Kier alpha value is -3.78. The Morgan fingerprint density at radius 1 is 0.971 bits per heavy atom. The number of carbonyl (C=O) groups is 1. The zero-order valence-corrected chi connectivity index (χ0v) is 20.7. The predicted octanol–water partition coefficient (Wildman–Crippen LogP) is 4.94. The van der Waals surface area contributed by atoms with E-state index in [1.54, 1.807) is 6.33 Å². The van der Waals surface area contributed by atoms with E-state index in [2.05, 4.69) is 19.9 Å². The number of thiazole rings is 1. The van der Waals surface area contributed by atoms with Gasteiger partial charge in [-0.15, -0.1) is 11.3 Å². The summed E-state index contributed by atoms with van der Waals surface area (Å²) in [6, 6.07) is 19.9. The van der Waals surface area contributed by atoms with Gasteiger partial charge in [0.2, 0.25) is 0 Å². The van der Waals surface area contributed by atoms with Gasteiger partial charge in [0, 0.05) is 43.4 Å². The molecule has 7 nitrogen and oxygen atoms in total. The molecule has 0 N–H and O–H groups in total. The van der Waals surface area contributed by atoms with E-state index in [1.807, 2.05) is 79.4 Å². The summed E-state index contributed by atoms with van der Waals surface area (Å²) >= 11 is 1.47. The Bertz CT molecular complexity index is 1300. The molecule has 1 fully saturated rings. The van der Waals surface area contributed by atoms with Crippen LogP contribution in [0.1, 0.15) is 22.3 Å². The van der Waals surface area contributed by atoms with Gasteiger partial charge in [-0.1, -0.05) is 30.3 Å². The first-order valence-corrected chi connectivity index (χ1v) is 12.6. The first-order valence-electron chi connectivity index (χ1n) is 11.7. The van der Waals surface area contributed by atoms with Gasteiger partial charge < -0.3 is 14.5 Å². The molecule has 1 aliphatic rings. The average molecular weight is 486 g/mol. The molecule has 35 heavy (non-hydrogen) atoms. The molecular formula is C27H27N5O2S. The molecule has 4 aromatic rings. The maximum Gasteiger partial charge on any atom is 0.265 e. The Labute approximate surface area is 209 Å². The summed E-state index contributed by atoms with van der Waals surface area (Å²) < 4.78 is 5.53. The normalized spacial score (nSPS) is 13.7. The Morgan fingerprint density at radius 3 is 2.43 bits per heavy atom. The van der Waals surface area contributed by atoms with Crippen LogP contribution in [0.3, 0.4) is 0 Å². The monoisotopic (exact) mass is 485 g/mol. The van der Waals surface area contributed by atoms with E-state index in [1.165, 1.54) is 11.3 Å². The maximum absolute atomic E-state index is 13.3. The number of piperazine rings is 1. The number of amides is 1. The first kappa shape index (κ1) is 23.0. The zero-order valence-electron chi connectivity index (χ0n) is 19.8. The van der Waals surface area contributed by atoms with Crippen LogP contribution < -0.4 is 9.64 Å². The van der Waals surface area contributed by atoms with Crippen molar-refractivity contribution in [3.05, 3.63) is 77.6 Å². The third-order valence-electron chi connectivity index (χ3n) is 6.02. The molecule has 8 heteroatoms. The predicted molar refractivity (Wildman–Crippen MR) is 139 cm³/mol. The van der Waals surface area contributed by atoms with Gasteiger partial charge in [-0.05, 0) is 38.1 Å². The number of anilines is 1. The van der Waals surface area contributed by atoms with Crippen LogP contribution in [-0.2, 0) is 0 Å². The summed E-state index contributed by atoms with van der Waals surface area (Å²) in [5.41, 5.74) is 3.71. The van der Waals surface area contributed by atoms with Crippen molar-refractivity contribution >= 4 is 23.1 Å². The molecular weight excluding hydrogens is 458 g/mol. The Balaban J connectivity index is 1.25. The molecule has 178 valence electrons. The van der Waals surface area contributed by atoms with Crippen LogP contribution in [0.25, 0.3) is 21.8 Å². The molecule has 0 radical (unpaired) electrons. The summed E-state index contributed by atoms with van der Waals surface area (Å²) in [7, 11) is 0. The highest BCUT2D eigenvalue weighted by atomic mass is 32.1. The quantitative estimate of drug-likeness (QED) is 0.385. The van der Waals surface area contributed by atoms with Gasteiger partial charge in [-0.2, -0.15) is 0 Å². The second-order valence-corrected chi connectivity index (χ2v) is 9.30. The number of hydrogen-bond donors (Lipinski definition) is 0. The van der Waals surface area contributed by atoms with E-state index in [0.29, 0.717) is 19.7 Å². The van der Waals surface area contributed by atoms with Crippen molar-refractivity contribution in [1.82, 2.24) is 19.9 Å². The van der Waals surface area contributed by atoms with Crippen LogP contribution in [-0.4, -0.2) is 58.5 Å². The van der Waals surface area contributed by atoms with Gasteiger partial charge in [0.1, 0.15) is 27.8 Å². The van der Waals surface area contributed by atoms with Crippen LogP contribution in [0, 0.1) is 6.92 Å². The average Bonchev–Trinajstić information content (AvgIpc) is 3.31. The fourth-order valence-electron chi connectivity index (χ4n) is 4.15. The number of nitrogens with zero attached hydrogens (tertiary/aromatic N) is 5. The van der Waals surface area contributed by atoms with E-state index in [9.17, 15) is 4.79 Å². The van der Waals surface area contributed by atoms with Crippen molar-refractivity contribution in [2.24, 2.45) is 0 Å². The third kappa shape index (κ3) is 5.02. The lowest BCUT2D eigenvalue weighted by Crippen LogP contribution is -2.49. The van der Waals surface area contributed by atoms with Gasteiger partial charge in [-0.25, -0.2) is 15.0 Å². The van der Waals surface area contributed by atoms with Crippen LogP contribution in [0.5, 0.6) is 5.75 Å². The van der Waals surface area contributed by atoms with E-state index in [0.717, 1.165) is 57.1 Å². The molecule has 2 aromatic heterocycles. The number of benzene rings is 2. The minimum Gasteiger partial charge on any atom is -0.494 e. The SMILES string of the molecule is CCOc1ccc(-c2cc(N3CCN(C(=O)c4sc(-c5ccccc5)nc4C)CC3)ncn2)cc1. The van der Waals surface area contributed by atoms with E-state index >= 15 is 0 Å². The molecule has 0 aliphatic carbocycles. The van der Waals surface area contributed by atoms with Crippen LogP contribution in [0.2, 0.25) is 0 Å². The number of rotatable bonds is 6. The summed E-state index contributed by atoms with van der Waals surface area (Å²) in [6.07, 6.45) is 1.60. The molecule has 1 amide bonds. The molecule has 2 aromatic carbocycles. The molecule has 0 saturated carbocycles. The molecule has 3 heterocycles. The third-order valence-corrected chi connectivity index (χ3v) is 7.21. The number of ether oxygens (including phenoxy) is 1. The van der Waals surface area contributed by atoms with Crippen molar-refractivity contribution in [1.29, 1.82) is 0 Å². The van der Waals surface area contributed by atoms with E-state index in [-0.39, 0.29) is 5.91 Å². The lowest BCUT2D eigenvalue weighted by molar-refractivity contribution is 0.0750. The molecule has 5 rings (SSSR count). The summed E-state index contributed by atoms with van der Waals surface area (Å²) in [5.74, 6) is 1.77. The molecule has 0 unspecified atom stereocenters. The summed E-state index contributed by atoms with van der Waals surface area (Å²) in [5, 5.41) is 0.882. The number of carbonyl (C=O) groups excluding carboxylic acids is 1. The molecule has 0 spiro atoms. The summed E-state index contributed by atoms with van der Waals surface area (Å²) in [6.45, 7) is 7.23. The topological polar surface area (TPSA) is 71.5 Å². The molecule has 0 bridgehead atoms. The Kier molecular flexibility index (Phi) is 6.72. The second kappa shape index (κ2) is 10.2. The maximum atomic E-state index is 13.3. The smallest absolute Gasteiger partial charge is 0.265 e. The minimum atomic E-state index is 0.0552. The van der Waals surface area contributed by atoms with Crippen molar-refractivity contribution in [3.63, 3.8) is 0 Å². The van der Waals surface area contributed by atoms with Gasteiger partial charge >= 0.3 is 0 Å². The van der Waals surface area contributed by atoms with Crippen molar-refractivity contribution in [2.45, 2.75) is 13.8 Å². The van der Waals surface area contributed by atoms with Crippen LogP contribution in [0.4, 0.5) is 5.82 Å². The highest BCUT2D eigenvalue weighted by molar-refractivity contribution is 7.17. The Morgan fingerprint density at radius 2 is 1.71 bits per heavy atom. The zero-order chi connectivity index (χ0) is 24.2. The molecule has 1 saturated heterocycles. The number of aromatic nitrogens is 3. The van der Waals surface area contributed by atoms with Crippen molar-refractivity contribution in [3.8, 4) is 27.6 Å². The van der Waals surface area contributed by atoms with Crippen molar-refractivity contribution in [2.75, 3.05) is 37.7 Å². The van der Waals surface area contributed by atoms with Crippen LogP contribution in [0.15, 0.2) is 67.0 Å². The fourth-order valence-corrected chi connectivity index (χ4v) is 5.19. The van der Waals surface area contributed by atoms with Gasteiger partial charge in [0.05, 0.1) is 18.0 Å². The minimum absolute atomic E-state index is 0.0552. The van der Waals surface area contributed by atoms with Gasteiger partial charge in [0.15, 0.2) is 0 Å². The van der Waals surface area contributed by atoms with E-state index in [4.69, 9.17) is 4.74 Å². The number of aryl methyl sites for hydroxylation is 1. The summed E-state index contributed by atoms with van der Waals surface area (Å²) in [4.78, 5) is 31.7. The van der Waals surface area contributed by atoms with Crippen molar-refractivity contribution < 1.29 is 9.53 Å². The molecule has 1 aliphatic heterocycles. The fraction of sp³-hybridized carbons (Fsp3) is 0.259. The first-order chi connectivity index (χ1) is 17.1. The molecule has 0 atom stereocenters. The standard InChI is InChI=1S/C27H27N5O2S/c1-3-34-22-11-9-20(10-12-22)23-17-24(29-18-28-23)31-13-15-32(16-14-31)27(33)25-19(2)30-26(35-25)21-7-5-4-6-8-21/h4-12,17-18H,3,13-16H2,1-2H3. The van der Waals surface area contributed by atoms with E-state index < -0.39 is 0 Å². The second-order valence-electron chi connectivity index (χ2n) is 8.30. The highest BCUT2D eigenvalue weighted by Gasteiger charge is 2.26. The van der Waals surface area contributed by atoms with Gasteiger partial charge in [-0.3, -0.25) is 4.79 Å². The lowest BCUT2D eigenvalue weighted by atomic mass is 10.1. The van der Waals surface area contributed by atoms with Gasteiger partial charge in [0.25, 0.3) is 5.91 Å². The van der Waals surface area contributed by atoms with Crippen LogP contribution >= 0.6 is 11.3 Å². The number of hydrogen-bond acceptors (Lipinski definition) is 7. The highest BCUT2D eigenvalue weighted by Crippen LogP contribution is 2.29. The lowest BCUT2D eigenvalue weighted by Gasteiger charge is -2.35. The largest absolute Gasteiger partial charge is 0.494 e.